The van der Waals surface area contributed by atoms with Gasteiger partial charge in [0.1, 0.15) is 0 Å². The van der Waals surface area contributed by atoms with Crippen LogP contribution < -0.4 is 0 Å². The Morgan fingerprint density at radius 2 is 1.73 bits per heavy atom. The van der Waals surface area contributed by atoms with E-state index in [1.165, 1.54) is 11.1 Å². The second kappa shape index (κ2) is 9.14. The highest BCUT2D eigenvalue weighted by molar-refractivity contribution is 5.82. The molecule has 0 aliphatic carbocycles. The topological polar surface area (TPSA) is 24.7 Å². The summed E-state index contributed by atoms with van der Waals surface area (Å²) in [6.45, 7) is 14.4. The van der Waals surface area contributed by atoms with Gasteiger partial charge in [0, 0.05) is 0 Å². The number of benzene rings is 1. The van der Waals surface area contributed by atoms with E-state index in [0.29, 0.717) is 11.8 Å². The zero-order chi connectivity index (χ0) is 16.5. The third-order valence-electron chi connectivity index (χ3n) is 3.55. The Morgan fingerprint density at radius 1 is 1.14 bits per heavy atom. The van der Waals surface area contributed by atoms with Crippen LogP contribution in [0.15, 0.2) is 52.1 Å². The Bertz CT molecular complexity index is 549. The van der Waals surface area contributed by atoms with Crippen molar-refractivity contribution >= 4 is 18.6 Å². The number of para-hydroxylation sites is 1. The predicted molar refractivity (Wildman–Crippen MR) is 99.8 cm³/mol. The molecular formula is C20H28N2. The van der Waals surface area contributed by atoms with Crippen LogP contribution in [0.1, 0.15) is 64.0 Å². The maximum atomic E-state index is 4.75. The van der Waals surface area contributed by atoms with Crippen molar-refractivity contribution in [1.29, 1.82) is 0 Å². The lowest BCUT2D eigenvalue weighted by molar-refractivity contribution is 0.835. The summed E-state index contributed by atoms with van der Waals surface area (Å²) in [4.78, 5) is 8.80. The highest BCUT2D eigenvalue weighted by atomic mass is 14.8. The van der Waals surface area contributed by atoms with Crippen LogP contribution in [0.2, 0.25) is 0 Å². The van der Waals surface area contributed by atoms with Crippen LogP contribution in [-0.4, -0.2) is 12.9 Å². The minimum atomic E-state index is 0.443. The van der Waals surface area contributed by atoms with Gasteiger partial charge in [-0.1, -0.05) is 64.1 Å². The fourth-order valence-corrected chi connectivity index (χ4v) is 2.27. The largest absolute Gasteiger partial charge is 0.263 e. The van der Waals surface area contributed by atoms with Crippen LogP contribution in [0.3, 0.4) is 0 Å². The molecule has 1 aromatic carbocycles. The van der Waals surface area contributed by atoms with Gasteiger partial charge in [0.25, 0.3) is 0 Å². The van der Waals surface area contributed by atoms with Gasteiger partial charge in [-0.3, -0.25) is 9.98 Å². The average Bonchev–Trinajstić information content (AvgIpc) is 2.50. The highest BCUT2D eigenvalue weighted by Crippen LogP contribution is 2.34. The van der Waals surface area contributed by atoms with Crippen molar-refractivity contribution in [2.75, 3.05) is 0 Å². The molecule has 0 N–H and O–H groups in total. The number of allylic oxidation sites excluding steroid dienone is 4. The predicted octanol–water partition coefficient (Wildman–Crippen LogP) is 6.19. The minimum Gasteiger partial charge on any atom is -0.263 e. The first-order chi connectivity index (χ1) is 10.5. The van der Waals surface area contributed by atoms with E-state index in [2.05, 4.69) is 63.7 Å². The summed E-state index contributed by atoms with van der Waals surface area (Å²) >= 11 is 0. The SMILES string of the molecule is C=NC(=C\C/C=C\C)/C=N/c1c(C(C)C)cccc1C(C)C. The fourth-order valence-electron chi connectivity index (χ4n) is 2.27. The van der Waals surface area contributed by atoms with Gasteiger partial charge in [-0.25, -0.2) is 0 Å². The van der Waals surface area contributed by atoms with Crippen molar-refractivity contribution < 1.29 is 0 Å². The zero-order valence-electron chi connectivity index (χ0n) is 14.5. The van der Waals surface area contributed by atoms with Gasteiger partial charge in [-0.2, -0.15) is 0 Å². The summed E-state index contributed by atoms with van der Waals surface area (Å²) in [6.07, 6.45) is 8.81. The van der Waals surface area contributed by atoms with Gasteiger partial charge in [0.05, 0.1) is 17.6 Å². The number of nitrogens with zero attached hydrogens (tertiary/aromatic N) is 2. The third-order valence-corrected chi connectivity index (χ3v) is 3.55. The van der Waals surface area contributed by atoms with Crippen molar-refractivity contribution in [2.45, 2.75) is 52.9 Å². The maximum Gasteiger partial charge on any atom is 0.0768 e. The van der Waals surface area contributed by atoms with E-state index in [1.54, 1.807) is 0 Å². The summed E-state index contributed by atoms with van der Waals surface area (Å²) in [7, 11) is 0. The molecule has 0 amide bonds. The summed E-state index contributed by atoms with van der Waals surface area (Å²) in [5, 5.41) is 0. The van der Waals surface area contributed by atoms with Crippen LogP contribution in [0.5, 0.6) is 0 Å². The molecule has 0 heterocycles. The lowest BCUT2D eigenvalue weighted by Gasteiger charge is -2.16. The molecule has 0 saturated carbocycles. The van der Waals surface area contributed by atoms with Gasteiger partial charge in [-0.05, 0) is 43.0 Å². The highest BCUT2D eigenvalue weighted by Gasteiger charge is 2.12. The molecule has 0 unspecified atom stereocenters. The van der Waals surface area contributed by atoms with Crippen molar-refractivity contribution in [3.63, 3.8) is 0 Å². The molecule has 0 aliphatic rings. The lowest BCUT2D eigenvalue weighted by atomic mass is 9.93. The third kappa shape index (κ3) is 5.10. The van der Waals surface area contributed by atoms with Crippen molar-refractivity contribution in [1.82, 2.24) is 0 Å². The first kappa shape index (κ1) is 18.1. The van der Waals surface area contributed by atoms with E-state index in [0.717, 1.165) is 17.8 Å². The van der Waals surface area contributed by atoms with Crippen molar-refractivity contribution in [3.8, 4) is 0 Å². The van der Waals surface area contributed by atoms with E-state index >= 15 is 0 Å². The average molecular weight is 296 g/mol. The van der Waals surface area contributed by atoms with Crippen LogP contribution in [0.4, 0.5) is 5.69 Å². The molecule has 0 spiro atoms. The van der Waals surface area contributed by atoms with E-state index in [9.17, 15) is 0 Å². The molecule has 0 aromatic heterocycles. The van der Waals surface area contributed by atoms with Crippen LogP contribution in [-0.2, 0) is 0 Å². The molecule has 0 atom stereocenters. The van der Waals surface area contributed by atoms with Gasteiger partial charge < -0.3 is 0 Å². The smallest absolute Gasteiger partial charge is 0.0768 e. The standard InChI is InChI=1S/C20H28N2/c1-7-8-9-11-17(21-6)14-22-20-18(15(2)3)12-10-13-19(20)16(4)5/h7-8,10-16H,6,9H2,1-5H3/b8-7-,17-11-,22-14+. The molecule has 0 radical (unpaired) electrons. The van der Waals surface area contributed by atoms with Crippen molar-refractivity contribution in [3.05, 3.63) is 53.3 Å². The summed E-state index contributed by atoms with van der Waals surface area (Å²) in [5.74, 6) is 0.885. The molecular weight excluding hydrogens is 268 g/mol. The molecule has 0 saturated heterocycles. The molecule has 0 fully saturated rings. The van der Waals surface area contributed by atoms with Gasteiger partial charge >= 0.3 is 0 Å². The molecule has 1 aromatic rings. The Hall–Kier alpha value is -1.96. The van der Waals surface area contributed by atoms with Crippen LogP contribution in [0, 0.1) is 0 Å². The fraction of sp³-hybridized carbons (Fsp3) is 0.400. The van der Waals surface area contributed by atoms with Gasteiger partial charge in [0.15, 0.2) is 0 Å². The molecule has 0 bridgehead atoms. The summed E-state index contributed by atoms with van der Waals surface area (Å²) < 4.78 is 0. The molecule has 1 rings (SSSR count). The lowest BCUT2D eigenvalue weighted by Crippen LogP contribution is -1.95. The van der Waals surface area contributed by atoms with E-state index < -0.39 is 0 Å². The molecule has 22 heavy (non-hydrogen) atoms. The molecule has 118 valence electrons. The Labute approximate surface area is 135 Å². The second-order valence-corrected chi connectivity index (χ2v) is 5.94. The zero-order valence-corrected chi connectivity index (χ0v) is 14.5. The molecule has 2 heteroatoms. The summed E-state index contributed by atoms with van der Waals surface area (Å²) in [6, 6.07) is 6.44. The Balaban J connectivity index is 3.21. The van der Waals surface area contributed by atoms with Crippen molar-refractivity contribution in [2.24, 2.45) is 9.98 Å². The number of aliphatic imine (C=N–C) groups is 2. The number of hydrogen-bond donors (Lipinski definition) is 0. The van der Waals surface area contributed by atoms with E-state index in [-0.39, 0.29) is 0 Å². The molecule has 0 aliphatic heterocycles. The second-order valence-electron chi connectivity index (χ2n) is 5.94. The number of rotatable bonds is 7. The van der Waals surface area contributed by atoms with Crippen LogP contribution >= 0.6 is 0 Å². The maximum absolute atomic E-state index is 4.75. The molecule has 2 nitrogen and oxygen atoms in total. The summed E-state index contributed by atoms with van der Waals surface area (Å²) in [5.41, 5.74) is 4.44. The van der Waals surface area contributed by atoms with E-state index in [1.807, 2.05) is 25.3 Å². The van der Waals surface area contributed by atoms with E-state index in [4.69, 9.17) is 4.99 Å². The first-order valence-corrected chi connectivity index (χ1v) is 7.96. The number of hydrogen-bond acceptors (Lipinski definition) is 2. The Morgan fingerprint density at radius 3 is 2.18 bits per heavy atom. The van der Waals surface area contributed by atoms with Gasteiger partial charge in [0.2, 0.25) is 0 Å². The Kier molecular flexibility index (Phi) is 7.51. The monoisotopic (exact) mass is 296 g/mol. The quantitative estimate of drug-likeness (QED) is 0.423. The normalized spacial score (nSPS) is 13.0. The van der Waals surface area contributed by atoms with Gasteiger partial charge in [-0.15, -0.1) is 0 Å². The first-order valence-electron chi connectivity index (χ1n) is 7.96. The van der Waals surface area contributed by atoms with Crippen LogP contribution in [0.25, 0.3) is 0 Å². The minimum absolute atomic E-state index is 0.443.